The number of hydrogen-bond donors (Lipinski definition) is 1. The third kappa shape index (κ3) is 5.57. The molecular formula is C17H30N2S2. The van der Waals surface area contributed by atoms with Gasteiger partial charge in [0.15, 0.2) is 0 Å². The van der Waals surface area contributed by atoms with E-state index in [1.807, 2.05) is 11.3 Å². The number of aromatic nitrogens is 1. The first-order valence-corrected chi connectivity index (χ1v) is 10.3. The van der Waals surface area contributed by atoms with Crippen molar-refractivity contribution in [2.24, 2.45) is 0 Å². The van der Waals surface area contributed by atoms with E-state index in [0.29, 0.717) is 12.0 Å². The maximum atomic E-state index is 4.93. The van der Waals surface area contributed by atoms with Gasteiger partial charge in [-0.15, -0.1) is 11.3 Å². The van der Waals surface area contributed by atoms with Gasteiger partial charge in [-0.1, -0.05) is 47.0 Å². The summed E-state index contributed by atoms with van der Waals surface area (Å²) in [5.41, 5.74) is 1.31. The van der Waals surface area contributed by atoms with Crippen molar-refractivity contribution < 1.29 is 0 Å². The van der Waals surface area contributed by atoms with Crippen LogP contribution >= 0.6 is 23.1 Å². The van der Waals surface area contributed by atoms with Gasteiger partial charge in [-0.25, -0.2) is 4.98 Å². The highest BCUT2D eigenvalue weighted by atomic mass is 32.2. The Hall–Kier alpha value is -0.0600. The fourth-order valence-corrected chi connectivity index (χ4v) is 5.29. The largest absolute Gasteiger partial charge is 0.310 e. The highest BCUT2D eigenvalue weighted by Gasteiger charge is 2.17. The number of rotatable bonds is 7. The van der Waals surface area contributed by atoms with Crippen molar-refractivity contribution in [3.05, 3.63) is 15.6 Å². The minimum Gasteiger partial charge on any atom is -0.310 e. The monoisotopic (exact) mass is 326 g/mol. The third-order valence-corrected chi connectivity index (χ3v) is 6.62. The highest BCUT2D eigenvalue weighted by molar-refractivity contribution is 7.99. The summed E-state index contributed by atoms with van der Waals surface area (Å²) in [5, 5.41) is 5.75. The minimum absolute atomic E-state index is 0.527. The molecule has 1 aliphatic carbocycles. The molecule has 0 aliphatic heterocycles. The van der Waals surface area contributed by atoms with E-state index in [9.17, 15) is 0 Å². The van der Waals surface area contributed by atoms with Crippen LogP contribution < -0.4 is 5.32 Å². The van der Waals surface area contributed by atoms with E-state index in [1.165, 1.54) is 47.7 Å². The molecule has 0 saturated heterocycles. The van der Waals surface area contributed by atoms with Gasteiger partial charge >= 0.3 is 0 Å². The molecule has 2 rings (SSSR count). The topological polar surface area (TPSA) is 24.9 Å². The Balaban J connectivity index is 1.94. The van der Waals surface area contributed by atoms with Crippen molar-refractivity contribution in [2.75, 3.05) is 0 Å². The van der Waals surface area contributed by atoms with Crippen molar-refractivity contribution in [3.63, 3.8) is 0 Å². The maximum Gasteiger partial charge on any atom is 0.103 e. The predicted molar refractivity (Wildman–Crippen MR) is 96.3 cm³/mol. The Bertz CT molecular complexity index is 420. The molecular weight excluding hydrogens is 296 g/mol. The van der Waals surface area contributed by atoms with Crippen LogP contribution in [0.25, 0.3) is 0 Å². The van der Waals surface area contributed by atoms with Crippen molar-refractivity contribution in [1.29, 1.82) is 0 Å². The summed E-state index contributed by atoms with van der Waals surface area (Å²) in [4.78, 5) is 6.37. The van der Waals surface area contributed by atoms with Crippen molar-refractivity contribution in [3.8, 4) is 0 Å². The van der Waals surface area contributed by atoms with E-state index in [2.05, 4.69) is 44.8 Å². The Morgan fingerprint density at radius 3 is 2.52 bits per heavy atom. The molecule has 1 aromatic rings. The first-order chi connectivity index (χ1) is 10.1. The standard InChI is InChI=1S/C17H30N2S2/c1-12(2)17-15(10-18-13(3)4)21-16(19-17)11-20-14-8-6-5-7-9-14/h12-14,18H,5-11H2,1-4H3. The van der Waals surface area contributed by atoms with Gasteiger partial charge < -0.3 is 5.32 Å². The smallest absolute Gasteiger partial charge is 0.103 e. The Kier molecular flexibility index (Phi) is 7.03. The summed E-state index contributed by atoms with van der Waals surface area (Å²) in [6, 6.07) is 0.534. The van der Waals surface area contributed by atoms with Crippen molar-refractivity contribution in [1.82, 2.24) is 10.3 Å². The summed E-state index contributed by atoms with van der Waals surface area (Å²) < 4.78 is 0. The molecule has 120 valence electrons. The van der Waals surface area contributed by atoms with Gasteiger partial charge in [-0.3, -0.25) is 0 Å². The zero-order chi connectivity index (χ0) is 15.2. The quantitative estimate of drug-likeness (QED) is 0.733. The molecule has 1 fully saturated rings. The summed E-state index contributed by atoms with van der Waals surface area (Å²) in [6.07, 6.45) is 7.12. The molecule has 0 aromatic carbocycles. The summed E-state index contributed by atoms with van der Waals surface area (Å²) >= 11 is 4.06. The molecule has 1 aromatic heterocycles. The molecule has 2 nitrogen and oxygen atoms in total. The van der Waals surface area contributed by atoms with E-state index in [1.54, 1.807) is 0 Å². The summed E-state index contributed by atoms with van der Waals surface area (Å²) in [6.45, 7) is 9.89. The average Bonchev–Trinajstić information content (AvgIpc) is 2.87. The van der Waals surface area contributed by atoms with Crippen LogP contribution in [0.4, 0.5) is 0 Å². The second-order valence-electron chi connectivity index (χ2n) is 6.68. The lowest BCUT2D eigenvalue weighted by molar-refractivity contribution is 0.516. The number of thioether (sulfide) groups is 1. The van der Waals surface area contributed by atoms with Gasteiger partial charge in [0.25, 0.3) is 0 Å². The molecule has 1 N–H and O–H groups in total. The zero-order valence-electron chi connectivity index (χ0n) is 13.9. The van der Waals surface area contributed by atoms with E-state index in [0.717, 1.165) is 17.5 Å². The molecule has 21 heavy (non-hydrogen) atoms. The molecule has 0 atom stereocenters. The van der Waals surface area contributed by atoms with E-state index in [-0.39, 0.29) is 0 Å². The van der Waals surface area contributed by atoms with E-state index >= 15 is 0 Å². The van der Waals surface area contributed by atoms with Crippen LogP contribution in [0.5, 0.6) is 0 Å². The average molecular weight is 327 g/mol. The van der Waals surface area contributed by atoms with Crippen LogP contribution in [0.1, 0.15) is 81.3 Å². The number of thiazole rings is 1. The molecule has 4 heteroatoms. The van der Waals surface area contributed by atoms with Gasteiger partial charge in [-0.05, 0) is 18.8 Å². The zero-order valence-corrected chi connectivity index (χ0v) is 15.6. The van der Waals surface area contributed by atoms with Crippen LogP contribution in [0, 0.1) is 0 Å². The second-order valence-corrected chi connectivity index (χ2v) is 9.13. The molecule has 0 bridgehead atoms. The first-order valence-electron chi connectivity index (χ1n) is 8.39. The van der Waals surface area contributed by atoms with Crippen LogP contribution in [-0.4, -0.2) is 16.3 Å². The van der Waals surface area contributed by atoms with Crippen LogP contribution in [-0.2, 0) is 12.3 Å². The lowest BCUT2D eigenvalue weighted by atomic mass is 10.0. The molecule has 0 radical (unpaired) electrons. The number of nitrogens with one attached hydrogen (secondary N) is 1. The maximum absolute atomic E-state index is 4.93. The second kappa shape index (κ2) is 8.54. The molecule has 0 amide bonds. The number of nitrogens with zero attached hydrogens (tertiary/aromatic N) is 1. The normalized spacial score (nSPS) is 17.0. The minimum atomic E-state index is 0.527. The Morgan fingerprint density at radius 2 is 1.90 bits per heavy atom. The number of hydrogen-bond acceptors (Lipinski definition) is 4. The third-order valence-electron chi connectivity index (χ3n) is 3.98. The summed E-state index contributed by atoms with van der Waals surface area (Å²) in [7, 11) is 0. The van der Waals surface area contributed by atoms with Crippen LogP contribution in [0.2, 0.25) is 0 Å². The lowest BCUT2D eigenvalue weighted by Gasteiger charge is -2.20. The predicted octanol–water partition coefficient (Wildman–Crippen LogP) is 5.33. The molecule has 1 aliphatic rings. The van der Waals surface area contributed by atoms with E-state index < -0.39 is 0 Å². The molecule has 1 saturated carbocycles. The van der Waals surface area contributed by atoms with Crippen molar-refractivity contribution in [2.45, 2.75) is 89.3 Å². The first kappa shape index (κ1) is 17.3. The Labute approximate surface area is 138 Å². The van der Waals surface area contributed by atoms with Gasteiger partial charge in [0.05, 0.1) is 5.69 Å². The fourth-order valence-electron chi connectivity index (χ4n) is 2.77. The summed E-state index contributed by atoms with van der Waals surface area (Å²) in [5.74, 6) is 1.63. The lowest BCUT2D eigenvalue weighted by Crippen LogP contribution is -2.22. The molecule has 0 spiro atoms. The van der Waals surface area contributed by atoms with Gasteiger partial charge in [0.2, 0.25) is 0 Å². The van der Waals surface area contributed by atoms with E-state index in [4.69, 9.17) is 4.98 Å². The van der Waals surface area contributed by atoms with Crippen molar-refractivity contribution >= 4 is 23.1 Å². The van der Waals surface area contributed by atoms with Crippen LogP contribution in [0.15, 0.2) is 0 Å². The van der Waals surface area contributed by atoms with Gasteiger partial charge in [-0.2, -0.15) is 11.8 Å². The highest BCUT2D eigenvalue weighted by Crippen LogP contribution is 2.33. The fraction of sp³-hybridized carbons (Fsp3) is 0.824. The van der Waals surface area contributed by atoms with Crippen LogP contribution in [0.3, 0.4) is 0 Å². The molecule has 0 unspecified atom stereocenters. The van der Waals surface area contributed by atoms with Gasteiger partial charge in [0.1, 0.15) is 5.01 Å². The Morgan fingerprint density at radius 1 is 1.19 bits per heavy atom. The SMILES string of the molecule is CC(C)NCc1sc(CSC2CCCCC2)nc1C(C)C. The van der Waals surface area contributed by atoms with Gasteiger partial charge in [0, 0.05) is 28.5 Å². The molecule has 1 heterocycles.